The van der Waals surface area contributed by atoms with Gasteiger partial charge in [-0.3, -0.25) is 4.79 Å². The van der Waals surface area contributed by atoms with Gasteiger partial charge in [0.05, 0.1) is 12.4 Å². The zero-order valence-electron chi connectivity index (χ0n) is 9.61. The summed E-state index contributed by atoms with van der Waals surface area (Å²) < 4.78 is 0.658. The van der Waals surface area contributed by atoms with E-state index in [4.69, 9.17) is 0 Å². The number of hydrogen-bond donors (Lipinski definition) is 2. The lowest BCUT2D eigenvalue weighted by Gasteiger charge is -2.26. The topological polar surface area (TPSA) is 66.9 Å². The third-order valence-electron chi connectivity index (χ3n) is 2.87. The Morgan fingerprint density at radius 1 is 1.53 bits per heavy atom. The van der Waals surface area contributed by atoms with E-state index in [0.717, 1.165) is 19.4 Å². The molecule has 1 saturated heterocycles. The number of piperidine rings is 1. The number of rotatable bonds is 2. The number of amides is 1. The van der Waals surface area contributed by atoms with Crippen LogP contribution in [0.1, 0.15) is 19.8 Å². The Labute approximate surface area is 109 Å². The van der Waals surface area contributed by atoms with E-state index in [0.29, 0.717) is 16.5 Å². The standard InChI is InChI=1S/C11H15BrN4O/c1-7-4-8(2-3-13-7)11(17)16-10-6-14-9(12)5-15-10/h5-8,13H,2-4H2,1H3,(H,15,16,17). The summed E-state index contributed by atoms with van der Waals surface area (Å²) in [7, 11) is 0. The first-order valence-corrected chi connectivity index (χ1v) is 6.46. The number of carbonyl (C=O) groups is 1. The normalized spacial score (nSPS) is 24.4. The summed E-state index contributed by atoms with van der Waals surface area (Å²) in [4.78, 5) is 20.1. The van der Waals surface area contributed by atoms with Gasteiger partial charge in [-0.1, -0.05) is 0 Å². The molecule has 0 radical (unpaired) electrons. The van der Waals surface area contributed by atoms with Crippen molar-refractivity contribution in [1.82, 2.24) is 15.3 Å². The van der Waals surface area contributed by atoms with E-state index < -0.39 is 0 Å². The van der Waals surface area contributed by atoms with Crippen molar-refractivity contribution in [2.75, 3.05) is 11.9 Å². The molecule has 1 aliphatic heterocycles. The Morgan fingerprint density at radius 2 is 2.35 bits per heavy atom. The van der Waals surface area contributed by atoms with Gasteiger partial charge >= 0.3 is 0 Å². The maximum Gasteiger partial charge on any atom is 0.228 e. The summed E-state index contributed by atoms with van der Waals surface area (Å²) in [5.41, 5.74) is 0. The molecule has 5 nitrogen and oxygen atoms in total. The minimum absolute atomic E-state index is 0.0370. The van der Waals surface area contributed by atoms with Crippen LogP contribution >= 0.6 is 15.9 Å². The molecule has 6 heteroatoms. The van der Waals surface area contributed by atoms with Crippen LogP contribution in [0.3, 0.4) is 0 Å². The number of anilines is 1. The van der Waals surface area contributed by atoms with E-state index in [1.807, 2.05) is 0 Å². The highest BCUT2D eigenvalue weighted by molar-refractivity contribution is 9.10. The van der Waals surface area contributed by atoms with Crippen LogP contribution < -0.4 is 10.6 Å². The highest BCUT2D eigenvalue weighted by Gasteiger charge is 2.24. The zero-order valence-corrected chi connectivity index (χ0v) is 11.2. The van der Waals surface area contributed by atoms with E-state index in [2.05, 4.69) is 43.5 Å². The Bertz CT molecular complexity index is 395. The van der Waals surface area contributed by atoms with Crippen LogP contribution in [0, 0.1) is 5.92 Å². The number of hydrogen-bond acceptors (Lipinski definition) is 4. The first-order valence-electron chi connectivity index (χ1n) is 5.67. The van der Waals surface area contributed by atoms with Crippen molar-refractivity contribution >= 4 is 27.7 Å². The van der Waals surface area contributed by atoms with Gasteiger partial charge in [0.15, 0.2) is 5.82 Å². The van der Waals surface area contributed by atoms with Gasteiger partial charge in [-0.15, -0.1) is 0 Å². The van der Waals surface area contributed by atoms with Gasteiger partial charge in [-0.05, 0) is 42.2 Å². The summed E-state index contributed by atoms with van der Waals surface area (Å²) >= 11 is 3.20. The predicted octanol–water partition coefficient (Wildman–Crippen LogP) is 1.57. The van der Waals surface area contributed by atoms with Crippen LogP contribution in [0.5, 0.6) is 0 Å². The van der Waals surface area contributed by atoms with Crippen molar-refractivity contribution in [2.24, 2.45) is 5.92 Å². The summed E-state index contributed by atoms with van der Waals surface area (Å²) in [6.07, 6.45) is 4.86. The number of halogens is 1. The molecule has 2 unspecified atom stereocenters. The lowest BCUT2D eigenvalue weighted by atomic mass is 9.92. The van der Waals surface area contributed by atoms with Gasteiger partial charge in [-0.25, -0.2) is 9.97 Å². The fraction of sp³-hybridized carbons (Fsp3) is 0.545. The van der Waals surface area contributed by atoms with E-state index in [-0.39, 0.29) is 11.8 Å². The second kappa shape index (κ2) is 5.55. The van der Waals surface area contributed by atoms with Gasteiger partial charge in [-0.2, -0.15) is 0 Å². The molecular weight excluding hydrogens is 284 g/mol. The van der Waals surface area contributed by atoms with Crippen LogP contribution in [0.15, 0.2) is 17.0 Å². The molecule has 17 heavy (non-hydrogen) atoms. The smallest absolute Gasteiger partial charge is 0.228 e. The molecule has 2 heterocycles. The quantitative estimate of drug-likeness (QED) is 0.870. The van der Waals surface area contributed by atoms with Gasteiger partial charge in [0.25, 0.3) is 0 Å². The fourth-order valence-electron chi connectivity index (χ4n) is 1.98. The van der Waals surface area contributed by atoms with Crippen molar-refractivity contribution in [2.45, 2.75) is 25.8 Å². The molecule has 1 aromatic heterocycles. The molecule has 2 N–H and O–H groups in total. The molecule has 1 amide bonds. The van der Waals surface area contributed by atoms with E-state index in [1.165, 1.54) is 0 Å². The monoisotopic (exact) mass is 298 g/mol. The second-order valence-corrected chi connectivity index (χ2v) is 5.10. The van der Waals surface area contributed by atoms with Crippen LogP contribution in [0.25, 0.3) is 0 Å². The highest BCUT2D eigenvalue weighted by atomic mass is 79.9. The average Bonchev–Trinajstić information content (AvgIpc) is 2.32. The second-order valence-electron chi connectivity index (χ2n) is 4.29. The third kappa shape index (κ3) is 3.47. The molecule has 2 atom stereocenters. The van der Waals surface area contributed by atoms with Crippen LogP contribution in [-0.4, -0.2) is 28.5 Å². The Hall–Kier alpha value is -1.01. The minimum Gasteiger partial charge on any atom is -0.314 e. The summed E-state index contributed by atoms with van der Waals surface area (Å²) in [6.45, 7) is 2.99. The molecule has 0 spiro atoms. The molecule has 0 bridgehead atoms. The molecule has 0 aromatic carbocycles. The third-order valence-corrected chi connectivity index (χ3v) is 3.28. The molecular formula is C11H15BrN4O. The SMILES string of the molecule is CC1CC(C(=O)Nc2cnc(Br)cn2)CCN1. The van der Waals surface area contributed by atoms with Crippen molar-refractivity contribution in [1.29, 1.82) is 0 Å². The van der Waals surface area contributed by atoms with Crippen molar-refractivity contribution < 1.29 is 4.79 Å². The predicted molar refractivity (Wildman–Crippen MR) is 68.6 cm³/mol. The van der Waals surface area contributed by atoms with Gasteiger partial charge < -0.3 is 10.6 Å². The Morgan fingerprint density at radius 3 is 3.00 bits per heavy atom. The first-order chi connectivity index (χ1) is 8.15. The number of carbonyl (C=O) groups excluding carboxylic acids is 1. The van der Waals surface area contributed by atoms with Crippen molar-refractivity contribution in [3.63, 3.8) is 0 Å². The first kappa shape index (κ1) is 12.4. The molecule has 0 aliphatic carbocycles. The maximum atomic E-state index is 12.0. The van der Waals surface area contributed by atoms with Crippen LogP contribution in [0.4, 0.5) is 5.82 Å². The largest absolute Gasteiger partial charge is 0.314 e. The fourth-order valence-corrected chi connectivity index (χ4v) is 2.18. The van der Waals surface area contributed by atoms with Crippen molar-refractivity contribution in [3.05, 3.63) is 17.0 Å². The maximum absolute atomic E-state index is 12.0. The van der Waals surface area contributed by atoms with E-state index >= 15 is 0 Å². The molecule has 92 valence electrons. The van der Waals surface area contributed by atoms with Gasteiger partial charge in [0.1, 0.15) is 4.60 Å². The van der Waals surface area contributed by atoms with Crippen LogP contribution in [-0.2, 0) is 4.79 Å². The number of aromatic nitrogens is 2. The average molecular weight is 299 g/mol. The number of nitrogens with zero attached hydrogens (tertiary/aromatic N) is 2. The Balaban J connectivity index is 1.94. The highest BCUT2D eigenvalue weighted by Crippen LogP contribution is 2.18. The summed E-state index contributed by atoms with van der Waals surface area (Å²) in [6, 6.07) is 0.399. The molecule has 0 saturated carbocycles. The lowest BCUT2D eigenvalue weighted by molar-refractivity contribution is -0.120. The molecule has 1 fully saturated rings. The lowest BCUT2D eigenvalue weighted by Crippen LogP contribution is -2.40. The van der Waals surface area contributed by atoms with Crippen molar-refractivity contribution in [3.8, 4) is 0 Å². The van der Waals surface area contributed by atoms with E-state index in [9.17, 15) is 4.79 Å². The van der Waals surface area contributed by atoms with Gasteiger partial charge in [0.2, 0.25) is 5.91 Å². The summed E-state index contributed by atoms with van der Waals surface area (Å²) in [5, 5.41) is 6.12. The van der Waals surface area contributed by atoms with Crippen LogP contribution in [0.2, 0.25) is 0 Å². The minimum atomic E-state index is 0.0370. The van der Waals surface area contributed by atoms with E-state index in [1.54, 1.807) is 12.4 Å². The molecule has 2 rings (SSSR count). The summed E-state index contributed by atoms with van der Waals surface area (Å²) in [5.74, 6) is 0.607. The zero-order chi connectivity index (χ0) is 12.3. The Kier molecular flexibility index (Phi) is 4.06. The molecule has 1 aromatic rings. The molecule has 1 aliphatic rings. The number of nitrogens with one attached hydrogen (secondary N) is 2. The van der Waals surface area contributed by atoms with Gasteiger partial charge in [0, 0.05) is 12.0 Å².